The highest BCUT2D eigenvalue weighted by Crippen LogP contribution is 2.20. The van der Waals surface area contributed by atoms with Crippen molar-refractivity contribution >= 4 is 23.2 Å². The summed E-state index contributed by atoms with van der Waals surface area (Å²) in [5.41, 5.74) is 1.05. The molecule has 3 heterocycles. The molecule has 2 N–H and O–H groups in total. The third-order valence-corrected chi connectivity index (χ3v) is 5.95. The molecule has 8 heteroatoms. The number of rotatable bonds is 6. The fraction of sp³-hybridized carbons (Fsp3) is 0.722. The summed E-state index contributed by atoms with van der Waals surface area (Å²) in [4.78, 5) is 31.4. The van der Waals surface area contributed by atoms with Crippen LogP contribution >= 0.6 is 11.3 Å². The number of aryl methyl sites for hydroxylation is 2. The molecule has 0 saturated carbocycles. The number of morpholine rings is 1. The number of nitrogens with one attached hydrogen (secondary N) is 2. The summed E-state index contributed by atoms with van der Waals surface area (Å²) < 4.78 is 5.31. The van der Waals surface area contributed by atoms with Crippen molar-refractivity contribution in [1.29, 1.82) is 0 Å². The van der Waals surface area contributed by atoms with E-state index in [2.05, 4.69) is 15.6 Å². The lowest BCUT2D eigenvalue weighted by atomic mass is 9.88. The number of amides is 2. The highest BCUT2D eigenvalue weighted by molar-refractivity contribution is 7.09. The van der Waals surface area contributed by atoms with Gasteiger partial charge in [0.05, 0.1) is 30.1 Å². The Bertz CT molecular complexity index is 615. The molecule has 0 unspecified atom stereocenters. The van der Waals surface area contributed by atoms with E-state index < -0.39 is 0 Å². The maximum atomic E-state index is 12.6. The SMILES string of the molecule is Cc1csc(CCCNC(=O)[C@H]2CNC[C@@H](C(=O)N3CCOCC3)C2)n1. The van der Waals surface area contributed by atoms with E-state index in [1.807, 2.05) is 17.2 Å². The minimum atomic E-state index is -0.138. The van der Waals surface area contributed by atoms with Crippen LogP contribution in [0.1, 0.15) is 23.5 Å². The first-order valence-corrected chi connectivity index (χ1v) is 10.3. The van der Waals surface area contributed by atoms with E-state index in [1.165, 1.54) is 0 Å². The molecule has 144 valence electrons. The lowest BCUT2D eigenvalue weighted by Crippen LogP contribution is -2.51. The summed E-state index contributed by atoms with van der Waals surface area (Å²) in [5.74, 6) is -0.0542. The topological polar surface area (TPSA) is 83.6 Å². The Morgan fingerprint density at radius 2 is 2.12 bits per heavy atom. The number of thiazole rings is 1. The van der Waals surface area contributed by atoms with Crippen molar-refractivity contribution in [2.24, 2.45) is 11.8 Å². The number of piperidine rings is 1. The molecule has 2 fully saturated rings. The molecule has 2 aliphatic heterocycles. The average molecular weight is 381 g/mol. The maximum absolute atomic E-state index is 12.6. The molecule has 0 spiro atoms. The standard InChI is InChI=1S/C18H28N4O3S/c1-13-12-26-16(21-13)3-2-4-20-17(23)14-9-15(11-19-10-14)18(24)22-5-7-25-8-6-22/h12,14-15,19H,2-11H2,1H3,(H,20,23)/t14-,15+/m1/s1. The second-order valence-electron chi connectivity index (χ2n) is 7.00. The normalized spacial score (nSPS) is 23.7. The van der Waals surface area contributed by atoms with E-state index in [4.69, 9.17) is 4.74 Å². The number of hydrogen-bond donors (Lipinski definition) is 2. The number of ether oxygens (including phenoxy) is 1. The van der Waals surface area contributed by atoms with Crippen LogP contribution in [-0.4, -0.2) is 67.6 Å². The fourth-order valence-electron chi connectivity index (χ4n) is 3.48. The van der Waals surface area contributed by atoms with Crippen molar-refractivity contribution in [2.45, 2.75) is 26.2 Å². The van der Waals surface area contributed by atoms with E-state index in [0.29, 0.717) is 52.4 Å². The minimum absolute atomic E-state index is 0.0484. The molecule has 2 amide bonds. The molecule has 3 rings (SSSR count). The summed E-state index contributed by atoms with van der Waals surface area (Å²) in [6.45, 7) is 6.46. The summed E-state index contributed by atoms with van der Waals surface area (Å²) in [6.07, 6.45) is 2.40. The molecule has 0 aliphatic carbocycles. The molecule has 2 aliphatic rings. The van der Waals surface area contributed by atoms with Gasteiger partial charge in [0, 0.05) is 50.2 Å². The van der Waals surface area contributed by atoms with E-state index in [1.54, 1.807) is 11.3 Å². The quantitative estimate of drug-likeness (QED) is 0.706. The van der Waals surface area contributed by atoms with E-state index in [-0.39, 0.29) is 23.7 Å². The van der Waals surface area contributed by atoms with Crippen molar-refractivity contribution in [3.63, 3.8) is 0 Å². The van der Waals surface area contributed by atoms with Crippen LogP contribution in [0.25, 0.3) is 0 Å². The molecule has 1 aromatic rings. The molecule has 2 atom stereocenters. The van der Waals surface area contributed by atoms with Crippen LogP contribution in [-0.2, 0) is 20.7 Å². The highest BCUT2D eigenvalue weighted by atomic mass is 32.1. The molecule has 7 nitrogen and oxygen atoms in total. The van der Waals surface area contributed by atoms with Gasteiger partial charge >= 0.3 is 0 Å². The van der Waals surface area contributed by atoms with E-state index in [0.717, 1.165) is 23.5 Å². The zero-order valence-electron chi connectivity index (χ0n) is 15.3. The fourth-order valence-corrected chi connectivity index (χ4v) is 4.30. The molecular weight excluding hydrogens is 352 g/mol. The molecule has 26 heavy (non-hydrogen) atoms. The molecule has 0 radical (unpaired) electrons. The van der Waals surface area contributed by atoms with Crippen LogP contribution in [0.2, 0.25) is 0 Å². The predicted octanol–water partition coefficient (Wildman–Crippen LogP) is 0.585. The van der Waals surface area contributed by atoms with Gasteiger partial charge in [0.2, 0.25) is 11.8 Å². The van der Waals surface area contributed by atoms with Crippen LogP contribution in [0.15, 0.2) is 5.38 Å². The number of carbonyl (C=O) groups is 2. The first-order chi connectivity index (χ1) is 12.6. The second-order valence-corrected chi connectivity index (χ2v) is 7.95. The Balaban J connectivity index is 1.40. The van der Waals surface area contributed by atoms with Crippen LogP contribution in [0.5, 0.6) is 0 Å². The summed E-state index contributed by atoms with van der Waals surface area (Å²) in [5, 5.41) is 9.45. The lowest BCUT2D eigenvalue weighted by Gasteiger charge is -2.34. The molecule has 1 aromatic heterocycles. The van der Waals surface area contributed by atoms with Gasteiger partial charge in [-0.05, 0) is 19.8 Å². The van der Waals surface area contributed by atoms with Crippen LogP contribution in [0.4, 0.5) is 0 Å². The van der Waals surface area contributed by atoms with Crippen molar-refractivity contribution in [3.05, 3.63) is 16.1 Å². The largest absolute Gasteiger partial charge is 0.378 e. The number of hydrogen-bond acceptors (Lipinski definition) is 6. The van der Waals surface area contributed by atoms with Gasteiger partial charge in [-0.2, -0.15) is 0 Å². The summed E-state index contributed by atoms with van der Waals surface area (Å²) in [7, 11) is 0. The maximum Gasteiger partial charge on any atom is 0.227 e. The smallest absolute Gasteiger partial charge is 0.227 e. The Hall–Kier alpha value is -1.51. The minimum Gasteiger partial charge on any atom is -0.378 e. The zero-order chi connectivity index (χ0) is 18.4. The van der Waals surface area contributed by atoms with Gasteiger partial charge < -0.3 is 20.3 Å². The average Bonchev–Trinajstić information content (AvgIpc) is 3.10. The molecule has 0 aromatic carbocycles. The van der Waals surface area contributed by atoms with Crippen LogP contribution in [0, 0.1) is 18.8 Å². The van der Waals surface area contributed by atoms with Crippen molar-refractivity contribution < 1.29 is 14.3 Å². The van der Waals surface area contributed by atoms with Crippen LogP contribution in [0.3, 0.4) is 0 Å². The van der Waals surface area contributed by atoms with E-state index in [9.17, 15) is 9.59 Å². The van der Waals surface area contributed by atoms with Crippen molar-refractivity contribution in [1.82, 2.24) is 20.5 Å². The number of nitrogens with zero attached hydrogens (tertiary/aromatic N) is 2. The van der Waals surface area contributed by atoms with Gasteiger partial charge in [0.25, 0.3) is 0 Å². The first kappa shape index (κ1) is 19.3. The predicted molar refractivity (Wildman–Crippen MR) is 100 cm³/mol. The van der Waals surface area contributed by atoms with Crippen molar-refractivity contribution in [2.75, 3.05) is 45.9 Å². The monoisotopic (exact) mass is 380 g/mol. The zero-order valence-corrected chi connectivity index (χ0v) is 16.1. The van der Waals surface area contributed by atoms with Gasteiger partial charge in [0.15, 0.2) is 0 Å². The lowest BCUT2D eigenvalue weighted by molar-refractivity contribution is -0.141. The van der Waals surface area contributed by atoms with Gasteiger partial charge in [-0.3, -0.25) is 9.59 Å². The third-order valence-electron chi connectivity index (χ3n) is 4.93. The highest BCUT2D eigenvalue weighted by Gasteiger charge is 2.33. The number of aromatic nitrogens is 1. The summed E-state index contributed by atoms with van der Waals surface area (Å²) >= 11 is 1.67. The number of carbonyl (C=O) groups excluding carboxylic acids is 2. The third kappa shape index (κ3) is 5.25. The molecule has 2 saturated heterocycles. The molecular formula is C18H28N4O3S. The summed E-state index contributed by atoms with van der Waals surface area (Å²) in [6, 6.07) is 0. The Morgan fingerprint density at radius 1 is 1.35 bits per heavy atom. The van der Waals surface area contributed by atoms with Gasteiger partial charge in [0.1, 0.15) is 0 Å². The first-order valence-electron chi connectivity index (χ1n) is 9.39. The second kappa shape index (κ2) is 9.43. The Kier molecular flexibility index (Phi) is 6.99. The van der Waals surface area contributed by atoms with E-state index >= 15 is 0 Å². The Labute approximate surface area is 158 Å². The molecule has 0 bridgehead atoms. The Morgan fingerprint density at radius 3 is 2.85 bits per heavy atom. The van der Waals surface area contributed by atoms with Gasteiger partial charge in [-0.25, -0.2) is 4.98 Å². The van der Waals surface area contributed by atoms with Crippen LogP contribution < -0.4 is 10.6 Å². The van der Waals surface area contributed by atoms with Crippen molar-refractivity contribution in [3.8, 4) is 0 Å². The van der Waals surface area contributed by atoms with Gasteiger partial charge in [-0.1, -0.05) is 0 Å². The van der Waals surface area contributed by atoms with Gasteiger partial charge in [-0.15, -0.1) is 11.3 Å².